The Morgan fingerprint density at radius 3 is 2.64 bits per heavy atom. The van der Waals surface area contributed by atoms with Crippen molar-refractivity contribution in [2.45, 2.75) is 73.8 Å². The second kappa shape index (κ2) is 8.51. The number of aliphatic hydroxyl groups excluding tert-OH is 1. The molecule has 1 saturated heterocycles. The first-order valence-corrected chi connectivity index (χ1v) is 14.0. The number of anilines is 2. The number of rotatable bonds is 5. The number of aryl methyl sites for hydroxylation is 1. The van der Waals surface area contributed by atoms with E-state index in [1.165, 1.54) is 5.56 Å². The number of aliphatic hydroxyl groups is 1. The molecule has 3 heterocycles. The Bertz CT molecular complexity index is 1070. The van der Waals surface area contributed by atoms with Crippen LogP contribution in [0.15, 0.2) is 29.2 Å². The molecule has 0 amide bonds. The van der Waals surface area contributed by atoms with Gasteiger partial charge in [0.05, 0.1) is 28.6 Å². The summed E-state index contributed by atoms with van der Waals surface area (Å²) in [5, 5.41) is 14.4. The van der Waals surface area contributed by atoms with Crippen LogP contribution in [0.5, 0.6) is 0 Å². The van der Waals surface area contributed by atoms with Crippen LogP contribution in [0, 0.1) is 5.92 Å². The van der Waals surface area contributed by atoms with Gasteiger partial charge in [-0.2, -0.15) is 4.98 Å². The number of fused-ring (bicyclic) bond motifs is 3. The van der Waals surface area contributed by atoms with Crippen LogP contribution in [0.25, 0.3) is 0 Å². The second-order valence-electron chi connectivity index (χ2n) is 10.3. The highest BCUT2D eigenvalue weighted by Gasteiger charge is 2.46. The monoisotopic (exact) mass is 486 g/mol. The van der Waals surface area contributed by atoms with Gasteiger partial charge in [0.2, 0.25) is 5.95 Å². The van der Waals surface area contributed by atoms with Crippen molar-refractivity contribution in [3.63, 3.8) is 0 Å². The topological polar surface area (TPSA) is 78.4 Å². The fourth-order valence-corrected chi connectivity index (χ4v) is 7.75. The molecule has 2 aliphatic heterocycles. The summed E-state index contributed by atoms with van der Waals surface area (Å²) in [5.74, 6) is 3.26. The minimum absolute atomic E-state index is 0.0743. The minimum atomic E-state index is -1.10. The molecule has 4 atom stereocenters. The third-order valence-electron chi connectivity index (χ3n) is 8.24. The van der Waals surface area contributed by atoms with E-state index in [9.17, 15) is 9.32 Å². The van der Waals surface area contributed by atoms with Gasteiger partial charge in [-0.15, -0.1) is 0 Å². The Labute approximate surface area is 202 Å². The molecular weight excluding hydrogens is 456 g/mol. The van der Waals surface area contributed by atoms with Crippen molar-refractivity contribution in [3.05, 3.63) is 40.5 Å². The fraction of sp³-hybridized carbons (Fsp3) is 0.600. The van der Waals surface area contributed by atoms with E-state index in [2.05, 4.69) is 22.3 Å². The van der Waals surface area contributed by atoms with Crippen LogP contribution < -0.4 is 10.2 Å². The van der Waals surface area contributed by atoms with Gasteiger partial charge in [0.15, 0.2) is 0 Å². The molecule has 0 radical (unpaired) electrons. The molecule has 3 fully saturated rings. The van der Waals surface area contributed by atoms with Crippen LogP contribution in [-0.2, 0) is 17.2 Å². The Morgan fingerprint density at radius 2 is 1.97 bits per heavy atom. The molecule has 176 valence electrons. The molecule has 1 aromatic heterocycles. The van der Waals surface area contributed by atoms with E-state index in [0.29, 0.717) is 29.4 Å². The van der Waals surface area contributed by atoms with Crippen molar-refractivity contribution in [2.75, 3.05) is 29.1 Å². The zero-order valence-electron chi connectivity index (χ0n) is 18.8. The van der Waals surface area contributed by atoms with Gasteiger partial charge in [-0.05, 0) is 80.9 Å². The minimum Gasteiger partial charge on any atom is -0.394 e. The number of benzene rings is 1. The maximum absolute atomic E-state index is 13.1. The predicted molar refractivity (Wildman–Crippen MR) is 132 cm³/mol. The molecule has 4 aliphatic rings. The first-order valence-electron chi connectivity index (χ1n) is 12.3. The molecule has 2 saturated carbocycles. The average Bonchev–Trinajstić information content (AvgIpc) is 3.35. The summed E-state index contributed by atoms with van der Waals surface area (Å²) in [6, 6.07) is 8.74. The van der Waals surface area contributed by atoms with Gasteiger partial charge in [-0.3, -0.25) is 4.21 Å². The van der Waals surface area contributed by atoms with E-state index in [0.717, 1.165) is 79.5 Å². The van der Waals surface area contributed by atoms with E-state index in [1.54, 1.807) is 0 Å². The molecule has 2 aromatic rings. The maximum Gasteiger partial charge on any atom is 0.227 e. The molecule has 6 nitrogen and oxygen atoms in total. The van der Waals surface area contributed by atoms with Gasteiger partial charge in [0.25, 0.3) is 0 Å². The number of nitrogens with one attached hydrogen (secondary N) is 1. The normalized spacial score (nSPS) is 29.9. The lowest BCUT2D eigenvalue weighted by molar-refractivity contribution is 0.143. The number of piperidine rings is 1. The first-order chi connectivity index (χ1) is 16.0. The van der Waals surface area contributed by atoms with Gasteiger partial charge >= 0.3 is 0 Å². The number of hydrogen-bond donors (Lipinski definition) is 2. The van der Waals surface area contributed by atoms with Crippen molar-refractivity contribution in [3.8, 4) is 0 Å². The van der Waals surface area contributed by atoms with Crippen LogP contribution in [-0.4, -0.2) is 49.8 Å². The third-order valence-corrected chi connectivity index (χ3v) is 10.0. The van der Waals surface area contributed by atoms with E-state index in [1.807, 2.05) is 12.1 Å². The summed E-state index contributed by atoms with van der Waals surface area (Å²) in [5.41, 5.74) is 1.98. The molecule has 0 spiro atoms. The van der Waals surface area contributed by atoms with Crippen LogP contribution in [0.3, 0.4) is 0 Å². The molecule has 2 aliphatic carbocycles. The van der Waals surface area contributed by atoms with Crippen LogP contribution in [0.4, 0.5) is 11.8 Å². The standard InChI is InChI=1S/C25H31ClN4O2S/c26-18-7-5-16(6-8-18)20-13-19-12-17(20)14-30(19)24-27-21-4-1-2-11-33(32)22(21)23(28-24)29-25(15-31)9-3-10-25/h5-8,17,19-20,31H,1-4,9-15H2,(H,27,28,29)/t17?,19?,20?,33-/m1/s1. The van der Waals surface area contributed by atoms with Crippen molar-refractivity contribution < 1.29 is 9.32 Å². The van der Waals surface area contributed by atoms with Gasteiger partial charge in [0.1, 0.15) is 10.7 Å². The highest BCUT2D eigenvalue weighted by atomic mass is 35.5. The maximum atomic E-state index is 13.1. The number of aromatic nitrogens is 2. The van der Waals surface area contributed by atoms with Gasteiger partial charge in [0, 0.05) is 23.4 Å². The second-order valence-corrected chi connectivity index (χ2v) is 12.2. The van der Waals surface area contributed by atoms with Crippen LogP contribution in [0.2, 0.25) is 5.02 Å². The van der Waals surface area contributed by atoms with E-state index >= 15 is 0 Å². The average molecular weight is 487 g/mol. The van der Waals surface area contributed by atoms with Crippen LogP contribution >= 0.6 is 11.6 Å². The quantitative estimate of drug-likeness (QED) is 0.656. The summed E-state index contributed by atoms with van der Waals surface area (Å²) in [6.07, 6.45) is 7.98. The molecule has 2 N–H and O–H groups in total. The summed E-state index contributed by atoms with van der Waals surface area (Å²) in [7, 11) is -1.10. The number of hydrogen-bond acceptors (Lipinski definition) is 6. The van der Waals surface area contributed by atoms with Gasteiger partial charge in [-0.1, -0.05) is 23.7 Å². The molecule has 33 heavy (non-hydrogen) atoms. The van der Waals surface area contributed by atoms with Crippen molar-refractivity contribution in [2.24, 2.45) is 5.92 Å². The summed E-state index contributed by atoms with van der Waals surface area (Å²) >= 11 is 6.10. The molecule has 2 bridgehead atoms. The van der Waals surface area contributed by atoms with Crippen molar-refractivity contribution in [1.29, 1.82) is 0 Å². The fourth-order valence-electron chi connectivity index (χ4n) is 6.23. The lowest BCUT2D eigenvalue weighted by atomic mass is 9.77. The molecular formula is C25H31ClN4O2S. The SMILES string of the molecule is O=[S@@]1CCCCc2nc(N3CC4CC3CC4c3ccc(Cl)cc3)nc(NC3(CO)CCC3)c21. The zero-order valence-corrected chi connectivity index (χ0v) is 20.4. The van der Waals surface area contributed by atoms with Crippen LogP contribution in [0.1, 0.15) is 62.1 Å². The van der Waals surface area contributed by atoms with Crippen molar-refractivity contribution >= 4 is 34.2 Å². The lowest BCUT2D eigenvalue weighted by Crippen LogP contribution is -2.49. The van der Waals surface area contributed by atoms with E-state index in [-0.39, 0.29) is 12.1 Å². The highest BCUT2D eigenvalue weighted by Crippen LogP contribution is 2.49. The summed E-state index contributed by atoms with van der Waals surface area (Å²) < 4.78 is 13.1. The Balaban J connectivity index is 1.31. The number of halogens is 1. The zero-order chi connectivity index (χ0) is 22.6. The number of nitrogens with zero attached hydrogens (tertiary/aromatic N) is 3. The van der Waals surface area contributed by atoms with Gasteiger partial charge in [-0.25, -0.2) is 4.98 Å². The van der Waals surface area contributed by atoms with E-state index < -0.39 is 10.8 Å². The van der Waals surface area contributed by atoms with Gasteiger partial charge < -0.3 is 15.3 Å². The Hall–Kier alpha value is -1.70. The molecule has 6 rings (SSSR count). The molecule has 3 unspecified atom stereocenters. The third kappa shape index (κ3) is 3.86. The summed E-state index contributed by atoms with van der Waals surface area (Å²) in [4.78, 5) is 13.1. The highest BCUT2D eigenvalue weighted by molar-refractivity contribution is 7.85. The van der Waals surface area contributed by atoms with E-state index in [4.69, 9.17) is 21.6 Å². The Morgan fingerprint density at radius 1 is 1.15 bits per heavy atom. The van der Waals surface area contributed by atoms with Crippen molar-refractivity contribution in [1.82, 2.24) is 9.97 Å². The molecule has 8 heteroatoms. The lowest BCUT2D eigenvalue weighted by Gasteiger charge is -2.42. The smallest absolute Gasteiger partial charge is 0.227 e. The largest absolute Gasteiger partial charge is 0.394 e. The molecule has 1 aromatic carbocycles. The Kier molecular flexibility index (Phi) is 5.62. The first kappa shape index (κ1) is 21.8. The predicted octanol–water partition coefficient (Wildman–Crippen LogP) is 4.28. The summed E-state index contributed by atoms with van der Waals surface area (Å²) in [6.45, 7) is 1.02.